The quantitative estimate of drug-likeness (QED) is 0.857. The summed E-state index contributed by atoms with van der Waals surface area (Å²) >= 11 is 0. The van der Waals surface area contributed by atoms with E-state index in [1.54, 1.807) is 36.2 Å². The topological polar surface area (TPSA) is 71.8 Å². The maximum atomic E-state index is 12.7. The molecule has 25 heavy (non-hydrogen) atoms. The molecule has 0 N–H and O–H groups in total. The summed E-state index contributed by atoms with van der Waals surface area (Å²) in [6.07, 6.45) is 0. The van der Waals surface area contributed by atoms with E-state index in [9.17, 15) is 4.79 Å². The Balaban J connectivity index is 1.80. The predicted molar refractivity (Wildman–Crippen MR) is 90.9 cm³/mol. The summed E-state index contributed by atoms with van der Waals surface area (Å²) in [5.74, 6) is 1.37. The Labute approximate surface area is 146 Å². The van der Waals surface area contributed by atoms with E-state index >= 15 is 0 Å². The number of ether oxygens (including phenoxy) is 3. The Bertz CT molecular complexity index is 807. The monoisotopic (exact) mass is 338 g/mol. The molecule has 0 bridgehead atoms. The lowest BCUT2D eigenvalue weighted by atomic mass is 10.1. The molecule has 0 unspecified atom stereocenters. The van der Waals surface area contributed by atoms with Gasteiger partial charge in [-0.15, -0.1) is 0 Å². The number of methoxy groups -OCH3 is 1. The zero-order chi connectivity index (χ0) is 17.8. The number of carbonyl (C=O) groups is 1. The Morgan fingerprint density at radius 1 is 1.24 bits per heavy atom. The summed E-state index contributed by atoms with van der Waals surface area (Å²) in [4.78, 5) is 14.4. The summed E-state index contributed by atoms with van der Waals surface area (Å²) in [5.41, 5.74) is 2.01. The molecule has 6 nitrogen and oxygen atoms in total. The van der Waals surface area contributed by atoms with Gasteiger partial charge in [-0.1, -0.05) is 12.1 Å². The molecule has 0 radical (unpaired) electrons. The van der Waals surface area contributed by atoms with Gasteiger partial charge in [-0.25, -0.2) is 0 Å². The highest BCUT2D eigenvalue weighted by atomic mass is 16.6. The predicted octanol–water partition coefficient (Wildman–Crippen LogP) is 2.61. The van der Waals surface area contributed by atoms with Crippen molar-refractivity contribution in [2.24, 2.45) is 0 Å². The highest BCUT2D eigenvalue weighted by Gasteiger charge is 2.22. The molecule has 1 aliphatic rings. The first-order chi connectivity index (χ1) is 12.1. The van der Waals surface area contributed by atoms with Crippen molar-refractivity contribution in [1.29, 1.82) is 5.26 Å². The third-order valence-corrected chi connectivity index (χ3v) is 3.92. The van der Waals surface area contributed by atoms with Crippen molar-refractivity contribution >= 4 is 5.91 Å². The second-order valence-electron chi connectivity index (χ2n) is 5.67. The lowest BCUT2D eigenvalue weighted by molar-refractivity contribution is 0.0783. The van der Waals surface area contributed by atoms with Gasteiger partial charge in [0.05, 0.1) is 18.7 Å². The molecular weight excluding hydrogens is 320 g/mol. The van der Waals surface area contributed by atoms with Crippen molar-refractivity contribution in [3.63, 3.8) is 0 Å². The van der Waals surface area contributed by atoms with Gasteiger partial charge in [-0.2, -0.15) is 5.26 Å². The average Bonchev–Trinajstić information content (AvgIpc) is 2.67. The number of hydrogen-bond donors (Lipinski definition) is 0. The second-order valence-corrected chi connectivity index (χ2v) is 5.67. The molecule has 128 valence electrons. The van der Waals surface area contributed by atoms with Gasteiger partial charge in [0.25, 0.3) is 5.91 Å². The van der Waals surface area contributed by atoms with Gasteiger partial charge >= 0.3 is 0 Å². The maximum absolute atomic E-state index is 12.7. The molecule has 0 fully saturated rings. The van der Waals surface area contributed by atoms with Gasteiger partial charge in [-0.3, -0.25) is 4.79 Å². The van der Waals surface area contributed by atoms with Crippen LogP contribution in [0.25, 0.3) is 0 Å². The summed E-state index contributed by atoms with van der Waals surface area (Å²) in [6.45, 7) is 1.32. The molecule has 0 saturated carbocycles. The van der Waals surface area contributed by atoms with E-state index in [0.717, 1.165) is 5.56 Å². The molecule has 0 aliphatic carbocycles. The molecule has 0 saturated heterocycles. The highest BCUT2D eigenvalue weighted by Crippen LogP contribution is 2.40. The Hall–Kier alpha value is -3.20. The lowest BCUT2D eigenvalue weighted by Gasteiger charge is -2.23. The molecular formula is C19H18N2O4. The van der Waals surface area contributed by atoms with Crippen molar-refractivity contribution in [1.82, 2.24) is 4.90 Å². The standard InChI is InChI=1S/C19H18N2O4/c1-21(12-14-5-3-13(11-20)4-6-14)19(22)15-9-16(23-2)18-17(10-15)24-7-8-25-18/h3-6,9-10H,7-8,12H2,1-2H3. The third kappa shape index (κ3) is 3.50. The van der Waals surface area contributed by atoms with E-state index in [0.29, 0.717) is 48.1 Å². The molecule has 2 aromatic rings. The molecule has 6 heteroatoms. The Kier molecular flexibility index (Phi) is 4.75. The van der Waals surface area contributed by atoms with Crippen LogP contribution in [0.15, 0.2) is 36.4 Å². The van der Waals surface area contributed by atoms with E-state index < -0.39 is 0 Å². The number of benzene rings is 2. The van der Waals surface area contributed by atoms with Gasteiger partial charge in [0.2, 0.25) is 5.75 Å². The number of nitrogens with zero attached hydrogens (tertiary/aromatic N) is 2. The minimum atomic E-state index is -0.153. The lowest BCUT2D eigenvalue weighted by Crippen LogP contribution is -2.26. The van der Waals surface area contributed by atoms with Gasteiger partial charge < -0.3 is 19.1 Å². The fourth-order valence-electron chi connectivity index (χ4n) is 2.65. The molecule has 1 amide bonds. The molecule has 0 spiro atoms. The minimum absolute atomic E-state index is 0.153. The first-order valence-corrected chi connectivity index (χ1v) is 7.84. The summed E-state index contributed by atoms with van der Waals surface area (Å²) in [6, 6.07) is 12.6. The first-order valence-electron chi connectivity index (χ1n) is 7.84. The van der Waals surface area contributed by atoms with Crippen LogP contribution < -0.4 is 14.2 Å². The number of amides is 1. The van der Waals surface area contributed by atoms with Crippen LogP contribution in [0.5, 0.6) is 17.2 Å². The maximum Gasteiger partial charge on any atom is 0.254 e. The van der Waals surface area contributed by atoms with E-state index in [2.05, 4.69) is 6.07 Å². The normalized spacial score (nSPS) is 12.2. The molecule has 0 atom stereocenters. The van der Waals surface area contributed by atoms with Crippen LogP contribution in [-0.4, -0.2) is 38.2 Å². The fourth-order valence-corrected chi connectivity index (χ4v) is 2.65. The van der Waals surface area contributed by atoms with Gasteiger partial charge in [0.1, 0.15) is 13.2 Å². The van der Waals surface area contributed by atoms with E-state index in [1.165, 1.54) is 7.11 Å². The van der Waals surface area contributed by atoms with Crippen LogP contribution in [0.2, 0.25) is 0 Å². The van der Waals surface area contributed by atoms with Crippen molar-refractivity contribution in [3.8, 4) is 23.3 Å². The Morgan fingerprint density at radius 2 is 1.96 bits per heavy atom. The summed E-state index contributed by atoms with van der Waals surface area (Å²) in [7, 11) is 3.26. The van der Waals surface area contributed by atoms with Gasteiger partial charge in [-0.05, 0) is 29.8 Å². The molecule has 3 rings (SSSR count). The van der Waals surface area contributed by atoms with E-state index in [-0.39, 0.29) is 5.91 Å². The summed E-state index contributed by atoms with van der Waals surface area (Å²) < 4.78 is 16.5. The Morgan fingerprint density at radius 3 is 2.64 bits per heavy atom. The number of hydrogen-bond acceptors (Lipinski definition) is 5. The SMILES string of the molecule is COc1cc(C(=O)N(C)Cc2ccc(C#N)cc2)cc2c1OCCO2. The van der Waals surface area contributed by atoms with Crippen molar-refractivity contribution in [2.75, 3.05) is 27.4 Å². The highest BCUT2D eigenvalue weighted by molar-refractivity contribution is 5.95. The number of carbonyl (C=O) groups excluding carboxylic acids is 1. The molecule has 1 heterocycles. The number of nitriles is 1. The van der Waals surface area contributed by atoms with Crippen molar-refractivity contribution < 1.29 is 19.0 Å². The van der Waals surface area contributed by atoms with Crippen molar-refractivity contribution in [2.45, 2.75) is 6.54 Å². The number of fused-ring (bicyclic) bond motifs is 1. The zero-order valence-electron chi connectivity index (χ0n) is 14.1. The first kappa shape index (κ1) is 16.7. The largest absolute Gasteiger partial charge is 0.493 e. The summed E-state index contributed by atoms with van der Waals surface area (Å²) in [5, 5.41) is 8.85. The van der Waals surface area contributed by atoms with Crippen LogP contribution in [-0.2, 0) is 6.54 Å². The fraction of sp³-hybridized carbons (Fsp3) is 0.263. The average molecular weight is 338 g/mol. The smallest absolute Gasteiger partial charge is 0.254 e. The van der Waals surface area contributed by atoms with Crippen LogP contribution in [0.3, 0.4) is 0 Å². The van der Waals surface area contributed by atoms with Gasteiger partial charge in [0.15, 0.2) is 11.5 Å². The molecule has 0 aromatic heterocycles. The van der Waals surface area contributed by atoms with E-state index in [4.69, 9.17) is 19.5 Å². The molecule has 1 aliphatic heterocycles. The van der Waals surface area contributed by atoms with Crippen LogP contribution in [0.4, 0.5) is 0 Å². The minimum Gasteiger partial charge on any atom is -0.493 e. The van der Waals surface area contributed by atoms with E-state index in [1.807, 2.05) is 12.1 Å². The second kappa shape index (κ2) is 7.14. The van der Waals surface area contributed by atoms with Crippen molar-refractivity contribution in [3.05, 3.63) is 53.1 Å². The van der Waals surface area contributed by atoms with Gasteiger partial charge in [0, 0.05) is 19.2 Å². The van der Waals surface area contributed by atoms with Crippen LogP contribution in [0.1, 0.15) is 21.5 Å². The third-order valence-electron chi connectivity index (χ3n) is 3.92. The zero-order valence-corrected chi connectivity index (χ0v) is 14.1. The van der Waals surface area contributed by atoms with Crippen LogP contribution in [0, 0.1) is 11.3 Å². The van der Waals surface area contributed by atoms with Crippen LogP contribution >= 0.6 is 0 Å². The molecule has 2 aromatic carbocycles. The number of rotatable bonds is 4.